The van der Waals surface area contributed by atoms with Gasteiger partial charge in [-0.3, -0.25) is 4.79 Å². The summed E-state index contributed by atoms with van der Waals surface area (Å²) in [4.78, 5) is 14.3. The van der Waals surface area contributed by atoms with Crippen LogP contribution in [0.4, 0.5) is 0 Å². The van der Waals surface area contributed by atoms with Crippen LogP contribution in [0.1, 0.15) is 6.92 Å². The van der Waals surface area contributed by atoms with Crippen molar-refractivity contribution in [2.45, 2.75) is 16.5 Å². The number of carbonyl (C=O) groups is 1. The first kappa shape index (κ1) is 8.55. The Labute approximate surface area is 72.5 Å². The summed E-state index contributed by atoms with van der Waals surface area (Å²) in [6.07, 6.45) is 1.67. The summed E-state index contributed by atoms with van der Waals surface area (Å²) < 4.78 is 0.805. The molecule has 0 aliphatic heterocycles. The number of hydrogen-bond donors (Lipinski definition) is 1. The van der Waals surface area contributed by atoms with E-state index in [2.05, 4.69) is 4.98 Å². The molecule has 60 valence electrons. The summed E-state index contributed by atoms with van der Waals surface area (Å²) in [5, 5.41) is 9.95. The van der Waals surface area contributed by atoms with Crippen LogP contribution in [0.5, 0.6) is 0 Å². The minimum atomic E-state index is -0.801. The molecule has 1 heterocycles. The molecule has 1 aromatic heterocycles. The summed E-state index contributed by atoms with van der Waals surface area (Å²) in [7, 11) is 0. The van der Waals surface area contributed by atoms with E-state index in [1.165, 1.54) is 23.1 Å². The fraction of sp³-hybridized carbons (Fsp3) is 0.333. The standard InChI is InChI=1S/C6H7NO2S2/c1-4(5(8)9)11-6-7-2-3-10-6/h2-4H,1H3,(H,8,9). The molecule has 0 aliphatic carbocycles. The number of aromatic nitrogens is 1. The molecule has 0 aliphatic rings. The van der Waals surface area contributed by atoms with E-state index in [1.54, 1.807) is 13.1 Å². The molecule has 0 radical (unpaired) electrons. The van der Waals surface area contributed by atoms with Crippen molar-refractivity contribution < 1.29 is 9.90 Å². The normalized spacial score (nSPS) is 12.8. The van der Waals surface area contributed by atoms with Crippen LogP contribution >= 0.6 is 23.1 Å². The van der Waals surface area contributed by atoms with Crippen molar-refractivity contribution in [3.63, 3.8) is 0 Å². The van der Waals surface area contributed by atoms with Gasteiger partial charge in [-0.2, -0.15) is 0 Å². The van der Waals surface area contributed by atoms with Crippen LogP contribution in [0.3, 0.4) is 0 Å². The number of carboxylic acid groups (broad SMARTS) is 1. The van der Waals surface area contributed by atoms with Gasteiger partial charge in [-0.15, -0.1) is 11.3 Å². The minimum Gasteiger partial charge on any atom is -0.480 e. The van der Waals surface area contributed by atoms with Crippen LogP contribution in [0.2, 0.25) is 0 Å². The molecule has 0 spiro atoms. The maximum absolute atomic E-state index is 10.4. The molecule has 0 saturated heterocycles. The van der Waals surface area contributed by atoms with Crippen molar-refractivity contribution in [2.75, 3.05) is 0 Å². The molecule has 1 N–H and O–H groups in total. The number of aliphatic carboxylic acids is 1. The lowest BCUT2D eigenvalue weighted by Gasteiger charge is -2.00. The van der Waals surface area contributed by atoms with Crippen molar-refractivity contribution in [1.82, 2.24) is 4.98 Å². The van der Waals surface area contributed by atoms with Crippen LogP contribution < -0.4 is 0 Å². The third kappa shape index (κ3) is 2.51. The van der Waals surface area contributed by atoms with E-state index in [4.69, 9.17) is 5.11 Å². The first-order chi connectivity index (χ1) is 5.20. The first-order valence-electron chi connectivity index (χ1n) is 2.99. The molecule has 0 fully saturated rings. The molecule has 1 unspecified atom stereocenters. The lowest BCUT2D eigenvalue weighted by atomic mass is 10.5. The van der Waals surface area contributed by atoms with Gasteiger partial charge in [0.2, 0.25) is 0 Å². The Hall–Kier alpha value is -0.550. The maximum Gasteiger partial charge on any atom is 0.316 e. The molecular weight excluding hydrogens is 182 g/mol. The van der Waals surface area contributed by atoms with Crippen LogP contribution in [-0.2, 0) is 4.79 Å². The van der Waals surface area contributed by atoms with Gasteiger partial charge in [-0.05, 0) is 6.92 Å². The molecule has 5 heteroatoms. The topological polar surface area (TPSA) is 50.2 Å². The SMILES string of the molecule is CC(Sc1nccs1)C(=O)O. The number of nitrogens with zero attached hydrogens (tertiary/aromatic N) is 1. The van der Waals surface area contributed by atoms with E-state index in [1.807, 2.05) is 5.38 Å². The van der Waals surface area contributed by atoms with Crippen LogP contribution in [-0.4, -0.2) is 21.3 Å². The lowest BCUT2D eigenvalue weighted by molar-refractivity contribution is -0.136. The number of hydrogen-bond acceptors (Lipinski definition) is 4. The van der Waals surface area contributed by atoms with E-state index in [-0.39, 0.29) is 0 Å². The van der Waals surface area contributed by atoms with Gasteiger partial charge in [0.05, 0.1) is 0 Å². The van der Waals surface area contributed by atoms with Gasteiger partial charge in [-0.1, -0.05) is 11.8 Å². The maximum atomic E-state index is 10.4. The summed E-state index contributed by atoms with van der Waals surface area (Å²) >= 11 is 2.72. The van der Waals surface area contributed by atoms with Gasteiger partial charge in [0, 0.05) is 11.6 Å². The van der Waals surface area contributed by atoms with Gasteiger partial charge < -0.3 is 5.11 Å². The zero-order valence-electron chi connectivity index (χ0n) is 5.85. The van der Waals surface area contributed by atoms with Crippen molar-refractivity contribution in [3.05, 3.63) is 11.6 Å². The summed E-state index contributed by atoms with van der Waals surface area (Å²) in [6, 6.07) is 0. The second-order valence-electron chi connectivity index (χ2n) is 1.90. The Bertz CT molecular complexity index is 235. The predicted molar refractivity (Wildman–Crippen MR) is 45.1 cm³/mol. The highest BCUT2D eigenvalue weighted by molar-refractivity contribution is 8.02. The Balaban J connectivity index is 2.50. The van der Waals surface area contributed by atoms with Crippen molar-refractivity contribution >= 4 is 29.1 Å². The minimum absolute atomic E-state index is 0.416. The summed E-state index contributed by atoms with van der Waals surface area (Å²) in [6.45, 7) is 1.65. The third-order valence-electron chi connectivity index (χ3n) is 1.04. The molecule has 1 rings (SSSR count). The van der Waals surface area contributed by atoms with Crippen molar-refractivity contribution in [1.29, 1.82) is 0 Å². The largest absolute Gasteiger partial charge is 0.480 e. The first-order valence-corrected chi connectivity index (χ1v) is 4.75. The smallest absolute Gasteiger partial charge is 0.316 e. The fourth-order valence-corrected chi connectivity index (χ4v) is 2.18. The highest BCUT2D eigenvalue weighted by Crippen LogP contribution is 2.24. The van der Waals surface area contributed by atoms with E-state index >= 15 is 0 Å². The summed E-state index contributed by atoms with van der Waals surface area (Å²) in [5.41, 5.74) is 0. The van der Waals surface area contributed by atoms with Gasteiger partial charge in [0.1, 0.15) is 5.25 Å². The number of thiazole rings is 1. The Morgan fingerprint density at radius 1 is 1.91 bits per heavy atom. The van der Waals surface area contributed by atoms with E-state index in [0.717, 1.165) is 4.34 Å². The molecule has 0 bridgehead atoms. The molecule has 0 amide bonds. The molecule has 0 aromatic carbocycles. The average molecular weight is 189 g/mol. The third-order valence-corrected chi connectivity index (χ3v) is 3.04. The molecule has 1 aromatic rings. The van der Waals surface area contributed by atoms with Gasteiger partial charge >= 0.3 is 5.97 Å². The highest BCUT2D eigenvalue weighted by atomic mass is 32.2. The van der Waals surface area contributed by atoms with Gasteiger partial charge in [0.15, 0.2) is 4.34 Å². The number of rotatable bonds is 3. The van der Waals surface area contributed by atoms with Gasteiger partial charge in [-0.25, -0.2) is 4.98 Å². The zero-order valence-corrected chi connectivity index (χ0v) is 7.48. The van der Waals surface area contributed by atoms with Crippen LogP contribution in [0, 0.1) is 0 Å². The Morgan fingerprint density at radius 3 is 3.09 bits per heavy atom. The Kier molecular flexibility index (Phi) is 2.90. The van der Waals surface area contributed by atoms with Crippen LogP contribution in [0.15, 0.2) is 15.9 Å². The zero-order chi connectivity index (χ0) is 8.27. The molecule has 0 saturated carbocycles. The van der Waals surface area contributed by atoms with E-state index in [9.17, 15) is 4.79 Å². The van der Waals surface area contributed by atoms with E-state index < -0.39 is 11.2 Å². The second-order valence-corrected chi connectivity index (χ2v) is 4.38. The van der Waals surface area contributed by atoms with Crippen molar-refractivity contribution in [3.8, 4) is 0 Å². The molecule has 3 nitrogen and oxygen atoms in total. The Morgan fingerprint density at radius 2 is 2.64 bits per heavy atom. The highest BCUT2D eigenvalue weighted by Gasteiger charge is 2.13. The van der Waals surface area contributed by atoms with Crippen LogP contribution in [0.25, 0.3) is 0 Å². The quantitative estimate of drug-likeness (QED) is 0.735. The number of thioether (sulfide) groups is 1. The monoisotopic (exact) mass is 189 g/mol. The van der Waals surface area contributed by atoms with Crippen molar-refractivity contribution in [2.24, 2.45) is 0 Å². The predicted octanol–water partition coefficient (Wildman–Crippen LogP) is 1.71. The second kappa shape index (κ2) is 3.73. The van der Waals surface area contributed by atoms with E-state index in [0.29, 0.717) is 0 Å². The molecular formula is C6H7NO2S2. The number of carboxylic acids is 1. The molecule has 1 atom stereocenters. The molecule has 11 heavy (non-hydrogen) atoms. The lowest BCUT2D eigenvalue weighted by Crippen LogP contribution is -2.10. The summed E-state index contributed by atoms with van der Waals surface area (Å²) in [5.74, 6) is -0.801. The average Bonchev–Trinajstić information content (AvgIpc) is 2.39. The fourth-order valence-electron chi connectivity index (χ4n) is 0.470. The van der Waals surface area contributed by atoms with Gasteiger partial charge in [0.25, 0.3) is 0 Å².